The zero-order valence-corrected chi connectivity index (χ0v) is 6.36. The van der Waals surface area contributed by atoms with Crippen LogP contribution in [0, 0.1) is 11.8 Å². The zero-order chi connectivity index (χ0) is 7.19. The highest BCUT2D eigenvalue weighted by Crippen LogP contribution is 2.44. The van der Waals surface area contributed by atoms with Gasteiger partial charge < -0.3 is 5.32 Å². The van der Waals surface area contributed by atoms with Crippen LogP contribution >= 0.6 is 0 Å². The molecule has 0 amide bonds. The third-order valence-electron chi connectivity index (χ3n) is 3.24. The molecule has 2 fully saturated rings. The topological polar surface area (TPSA) is 12.0 Å². The van der Waals surface area contributed by atoms with Crippen LogP contribution in [-0.2, 0) is 0 Å². The van der Waals surface area contributed by atoms with Crippen molar-refractivity contribution >= 4 is 0 Å². The van der Waals surface area contributed by atoms with Gasteiger partial charge in [-0.25, -0.2) is 4.39 Å². The van der Waals surface area contributed by atoms with Crippen molar-refractivity contribution in [1.29, 1.82) is 0 Å². The van der Waals surface area contributed by atoms with Gasteiger partial charge in [-0.3, -0.25) is 0 Å². The number of hydrogen-bond acceptors (Lipinski definition) is 1. The third kappa shape index (κ3) is 0.715. The van der Waals surface area contributed by atoms with E-state index < -0.39 is 5.67 Å². The highest BCUT2D eigenvalue weighted by molar-refractivity contribution is 5.00. The summed E-state index contributed by atoms with van der Waals surface area (Å²) in [6.07, 6.45) is 2.18. The minimum atomic E-state index is -0.856. The van der Waals surface area contributed by atoms with Gasteiger partial charge in [0.05, 0.1) is 0 Å². The molecule has 58 valence electrons. The average molecular weight is 143 g/mol. The Morgan fingerprint density at radius 3 is 2.20 bits per heavy atom. The molecule has 0 aromatic rings. The van der Waals surface area contributed by atoms with Crippen LogP contribution in [0.25, 0.3) is 0 Å². The number of rotatable bonds is 0. The smallest absolute Gasteiger partial charge is 0.116 e. The third-order valence-corrected chi connectivity index (χ3v) is 3.24. The van der Waals surface area contributed by atoms with Crippen molar-refractivity contribution in [2.45, 2.75) is 25.4 Å². The number of alkyl halides is 1. The van der Waals surface area contributed by atoms with Crippen LogP contribution in [0.1, 0.15) is 19.8 Å². The van der Waals surface area contributed by atoms with Gasteiger partial charge in [0.25, 0.3) is 0 Å². The van der Waals surface area contributed by atoms with Crippen LogP contribution in [0.2, 0.25) is 0 Å². The van der Waals surface area contributed by atoms with Crippen LogP contribution in [0.15, 0.2) is 0 Å². The predicted octanol–water partition coefficient (Wildman–Crippen LogP) is 1.34. The first-order chi connectivity index (χ1) is 4.71. The van der Waals surface area contributed by atoms with Crippen LogP contribution in [0.3, 0.4) is 0 Å². The fourth-order valence-corrected chi connectivity index (χ4v) is 2.34. The van der Waals surface area contributed by atoms with Crippen molar-refractivity contribution < 1.29 is 4.39 Å². The summed E-state index contributed by atoms with van der Waals surface area (Å²) < 4.78 is 13.7. The molecule has 10 heavy (non-hydrogen) atoms. The summed E-state index contributed by atoms with van der Waals surface area (Å²) in [5.74, 6) is 0.595. The van der Waals surface area contributed by atoms with Crippen LogP contribution in [0.4, 0.5) is 4.39 Å². The Kier molecular flexibility index (Phi) is 1.28. The highest BCUT2D eigenvalue weighted by atomic mass is 19.1. The summed E-state index contributed by atoms with van der Waals surface area (Å²) in [5, 5.41) is 3.26. The first-order valence-corrected chi connectivity index (χ1v) is 4.11. The van der Waals surface area contributed by atoms with E-state index in [1.54, 1.807) is 6.92 Å². The van der Waals surface area contributed by atoms with Crippen molar-refractivity contribution in [3.63, 3.8) is 0 Å². The van der Waals surface area contributed by atoms with E-state index in [-0.39, 0.29) is 0 Å². The van der Waals surface area contributed by atoms with Crippen molar-refractivity contribution in [1.82, 2.24) is 5.32 Å². The van der Waals surface area contributed by atoms with Gasteiger partial charge in [-0.15, -0.1) is 0 Å². The Balaban J connectivity index is 2.21. The molecule has 1 aliphatic heterocycles. The van der Waals surface area contributed by atoms with Crippen molar-refractivity contribution in [3.8, 4) is 0 Å². The molecule has 1 nitrogen and oxygen atoms in total. The van der Waals surface area contributed by atoms with E-state index in [4.69, 9.17) is 0 Å². The Hall–Kier alpha value is -0.110. The maximum absolute atomic E-state index is 13.7. The fourth-order valence-electron chi connectivity index (χ4n) is 2.34. The van der Waals surface area contributed by atoms with Gasteiger partial charge in [-0.05, 0) is 19.8 Å². The van der Waals surface area contributed by atoms with Gasteiger partial charge in [-0.2, -0.15) is 0 Å². The summed E-state index contributed by atoms with van der Waals surface area (Å²) in [7, 11) is 0. The number of fused-ring (bicyclic) bond motifs is 2. The zero-order valence-electron chi connectivity index (χ0n) is 6.36. The number of piperidine rings is 1. The standard InChI is InChI=1S/C8H14FN/c1-8(9)6-2-3-7(8)5-10-4-6/h6-7,10H,2-5H2,1H3. The molecule has 2 bridgehead atoms. The second kappa shape index (κ2) is 1.94. The molecule has 1 aliphatic carbocycles. The fraction of sp³-hybridized carbons (Fsp3) is 1.00. The monoisotopic (exact) mass is 143 g/mol. The van der Waals surface area contributed by atoms with E-state index in [0.717, 1.165) is 25.9 Å². The summed E-state index contributed by atoms with van der Waals surface area (Å²) in [4.78, 5) is 0. The van der Waals surface area contributed by atoms with E-state index in [2.05, 4.69) is 5.32 Å². The normalized spacial score (nSPS) is 53.4. The SMILES string of the molecule is CC1(F)C2CCC1CNC2. The Bertz CT molecular complexity index is 126. The van der Waals surface area contributed by atoms with Gasteiger partial charge in [-0.1, -0.05) is 0 Å². The molecule has 0 aromatic carbocycles. The molecule has 2 aliphatic rings. The molecule has 2 unspecified atom stereocenters. The highest BCUT2D eigenvalue weighted by Gasteiger charge is 2.48. The number of halogens is 1. The number of hydrogen-bond donors (Lipinski definition) is 1. The minimum absolute atomic E-state index is 0.297. The molecule has 0 spiro atoms. The van der Waals surface area contributed by atoms with Crippen molar-refractivity contribution in [2.75, 3.05) is 13.1 Å². The maximum Gasteiger partial charge on any atom is 0.116 e. The lowest BCUT2D eigenvalue weighted by atomic mass is 9.85. The molecule has 1 N–H and O–H groups in total. The Morgan fingerprint density at radius 1 is 1.30 bits per heavy atom. The minimum Gasteiger partial charge on any atom is -0.316 e. The number of nitrogens with one attached hydrogen (secondary N) is 1. The lowest BCUT2D eigenvalue weighted by Gasteiger charge is -2.34. The van der Waals surface area contributed by atoms with E-state index in [0.29, 0.717) is 11.8 Å². The van der Waals surface area contributed by atoms with E-state index in [1.807, 2.05) is 0 Å². The van der Waals surface area contributed by atoms with E-state index >= 15 is 0 Å². The summed E-state index contributed by atoms with van der Waals surface area (Å²) in [6.45, 7) is 3.56. The predicted molar refractivity (Wildman–Crippen MR) is 38.6 cm³/mol. The quantitative estimate of drug-likeness (QED) is 0.539. The molecule has 2 rings (SSSR count). The molecule has 1 heterocycles. The summed E-state index contributed by atoms with van der Waals surface area (Å²) >= 11 is 0. The summed E-state index contributed by atoms with van der Waals surface area (Å²) in [6, 6.07) is 0. The Morgan fingerprint density at radius 2 is 1.80 bits per heavy atom. The van der Waals surface area contributed by atoms with Crippen molar-refractivity contribution in [3.05, 3.63) is 0 Å². The maximum atomic E-state index is 13.7. The van der Waals surface area contributed by atoms with Gasteiger partial charge in [0, 0.05) is 24.9 Å². The molecule has 2 heteroatoms. The first-order valence-electron chi connectivity index (χ1n) is 4.11. The Labute approximate surface area is 61.0 Å². The van der Waals surface area contributed by atoms with Crippen LogP contribution < -0.4 is 5.32 Å². The molecule has 2 atom stereocenters. The van der Waals surface area contributed by atoms with E-state index in [1.165, 1.54) is 0 Å². The molecular weight excluding hydrogens is 129 g/mol. The van der Waals surface area contributed by atoms with Gasteiger partial charge in [0.1, 0.15) is 5.67 Å². The van der Waals surface area contributed by atoms with Gasteiger partial charge in [0.15, 0.2) is 0 Å². The van der Waals surface area contributed by atoms with E-state index in [9.17, 15) is 4.39 Å². The van der Waals surface area contributed by atoms with Crippen molar-refractivity contribution in [2.24, 2.45) is 11.8 Å². The van der Waals surface area contributed by atoms with Gasteiger partial charge >= 0.3 is 0 Å². The largest absolute Gasteiger partial charge is 0.316 e. The second-order valence-corrected chi connectivity index (χ2v) is 3.78. The average Bonchev–Trinajstić information content (AvgIpc) is 2.17. The lowest BCUT2D eigenvalue weighted by molar-refractivity contribution is 0.0564. The molecular formula is C8H14FN. The lowest BCUT2D eigenvalue weighted by Crippen LogP contribution is -2.47. The molecule has 0 aromatic heterocycles. The summed E-state index contributed by atoms with van der Waals surface area (Å²) in [5.41, 5.74) is -0.856. The molecule has 0 radical (unpaired) electrons. The molecule has 1 saturated carbocycles. The first kappa shape index (κ1) is 6.59. The van der Waals surface area contributed by atoms with Crippen LogP contribution in [-0.4, -0.2) is 18.8 Å². The molecule has 1 saturated heterocycles. The van der Waals surface area contributed by atoms with Gasteiger partial charge in [0.2, 0.25) is 0 Å². The van der Waals surface area contributed by atoms with Crippen LogP contribution in [0.5, 0.6) is 0 Å². The second-order valence-electron chi connectivity index (χ2n) is 3.78.